The highest BCUT2D eigenvalue weighted by atomic mass is 32.2. The summed E-state index contributed by atoms with van der Waals surface area (Å²) in [5.41, 5.74) is 0. The third-order valence-electron chi connectivity index (χ3n) is 2.73. The minimum atomic E-state index is -0.386. The van der Waals surface area contributed by atoms with Gasteiger partial charge in [0.25, 0.3) is 5.91 Å². The SMILES string of the molecule is CC1CSC(=NC2CCC(=O)N(C)C2=O)N1. The van der Waals surface area contributed by atoms with Gasteiger partial charge in [-0.05, 0) is 13.3 Å². The first-order valence-electron chi connectivity index (χ1n) is 5.35. The number of carbonyl (C=O) groups is 2. The maximum absolute atomic E-state index is 11.8. The molecule has 2 amide bonds. The Hall–Kier alpha value is -1.04. The van der Waals surface area contributed by atoms with E-state index in [0.29, 0.717) is 18.9 Å². The second kappa shape index (κ2) is 4.45. The molecule has 5 nitrogen and oxygen atoms in total. The van der Waals surface area contributed by atoms with E-state index in [9.17, 15) is 9.59 Å². The first-order valence-corrected chi connectivity index (χ1v) is 6.34. The number of likely N-dealkylation sites (N-methyl/N-ethyl adjacent to an activating group) is 1. The number of rotatable bonds is 1. The zero-order valence-electron chi connectivity index (χ0n) is 9.40. The van der Waals surface area contributed by atoms with Crippen LogP contribution >= 0.6 is 11.8 Å². The molecule has 0 saturated carbocycles. The van der Waals surface area contributed by atoms with Crippen LogP contribution < -0.4 is 5.32 Å². The molecule has 0 bridgehead atoms. The lowest BCUT2D eigenvalue weighted by atomic mass is 10.1. The molecular weight excluding hydrogens is 226 g/mol. The molecular formula is C10H15N3O2S. The minimum absolute atomic E-state index is 0.109. The van der Waals surface area contributed by atoms with Gasteiger partial charge in [-0.1, -0.05) is 11.8 Å². The van der Waals surface area contributed by atoms with Gasteiger partial charge < -0.3 is 5.32 Å². The van der Waals surface area contributed by atoms with Gasteiger partial charge in [0.15, 0.2) is 5.17 Å². The average molecular weight is 241 g/mol. The van der Waals surface area contributed by atoms with Gasteiger partial charge in [-0.15, -0.1) is 0 Å². The summed E-state index contributed by atoms with van der Waals surface area (Å²) in [7, 11) is 1.52. The van der Waals surface area contributed by atoms with Crippen molar-refractivity contribution in [3.8, 4) is 0 Å². The van der Waals surface area contributed by atoms with Crippen LogP contribution in [0.5, 0.6) is 0 Å². The number of aliphatic imine (C=N–C) groups is 1. The second-order valence-corrected chi connectivity index (χ2v) is 5.14. The molecule has 16 heavy (non-hydrogen) atoms. The molecule has 2 rings (SSSR count). The molecule has 2 saturated heterocycles. The Labute approximate surface area is 98.7 Å². The fourth-order valence-electron chi connectivity index (χ4n) is 1.73. The summed E-state index contributed by atoms with van der Waals surface area (Å²) in [5, 5.41) is 4.03. The predicted octanol–water partition coefficient (Wildman–Crippen LogP) is 0.215. The standard InChI is InChI=1S/C10H15N3O2S/c1-6-5-16-10(11-6)12-7-3-4-8(14)13(2)9(7)15/h6-7H,3-5H2,1-2H3,(H,11,12). The maximum atomic E-state index is 11.8. The van der Waals surface area contributed by atoms with E-state index < -0.39 is 0 Å². The van der Waals surface area contributed by atoms with Crippen molar-refractivity contribution in [3.63, 3.8) is 0 Å². The summed E-state index contributed by atoms with van der Waals surface area (Å²) in [6.07, 6.45) is 0.937. The number of nitrogens with zero attached hydrogens (tertiary/aromatic N) is 2. The Bertz CT molecular complexity index is 356. The van der Waals surface area contributed by atoms with Crippen LogP contribution in [-0.4, -0.2) is 46.8 Å². The van der Waals surface area contributed by atoms with Gasteiger partial charge in [0, 0.05) is 25.3 Å². The molecule has 2 heterocycles. The second-order valence-electron chi connectivity index (χ2n) is 4.14. The molecule has 1 N–H and O–H groups in total. The van der Waals surface area contributed by atoms with Crippen LogP contribution in [0.4, 0.5) is 0 Å². The molecule has 2 unspecified atom stereocenters. The number of amides is 2. The smallest absolute Gasteiger partial charge is 0.253 e. The molecule has 2 aliphatic rings. The van der Waals surface area contributed by atoms with Crippen molar-refractivity contribution in [2.24, 2.45) is 4.99 Å². The number of nitrogens with one attached hydrogen (secondary N) is 1. The third kappa shape index (κ3) is 2.21. The van der Waals surface area contributed by atoms with E-state index in [0.717, 1.165) is 10.9 Å². The summed E-state index contributed by atoms with van der Waals surface area (Å²) >= 11 is 1.63. The maximum Gasteiger partial charge on any atom is 0.253 e. The molecule has 2 aliphatic heterocycles. The average Bonchev–Trinajstić information content (AvgIpc) is 2.65. The predicted molar refractivity (Wildman–Crippen MR) is 63.3 cm³/mol. The van der Waals surface area contributed by atoms with E-state index in [2.05, 4.69) is 17.2 Å². The van der Waals surface area contributed by atoms with Gasteiger partial charge >= 0.3 is 0 Å². The normalized spacial score (nSPS) is 33.4. The molecule has 0 spiro atoms. The highest BCUT2D eigenvalue weighted by molar-refractivity contribution is 8.14. The van der Waals surface area contributed by atoms with Crippen molar-refractivity contribution < 1.29 is 9.59 Å². The molecule has 88 valence electrons. The first kappa shape index (κ1) is 11.4. The molecule has 0 aromatic heterocycles. The van der Waals surface area contributed by atoms with E-state index in [1.807, 2.05) is 0 Å². The Morgan fingerprint density at radius 2 is 2.25 bits per heavy atom. The summed E-state index contributed by atoms with van der Waals surface area (Å²) in [4.78, 5) is 28.6. The molecule has 0 aromatic rings. The quantitative estimate of drug-likeness (QED) is 0.667. The molecule has 2 atom stereocenters. The number of likely N-dealkylation sites (tertiary alicyclic amines) is 1. The summed E-state index contributed by atoms with van der Waals surface area (Å²) in [6.45, 7) is 2.08. The van der Waals surface area contributed by atoms with Gasteiger partial charge in [-0.3, -0.25) is 14.5 Å². The lowest BCUT2D eigenvalue weighted by Crippen LogP contribution is -2.45. The van der Waals surface area contributed by atoms with E-state index in [1.54, 1.807) is 11.8 Å². The molecule has 6 heteroatoms. The summed E-state index contributed by atoms with van der Waals surface area (Å²) < 4.78 is 0. The van der Waals surface area contributed by atoms with Crippen LogP contribution in [-0.2, 0) is 9.59 Å². The van der Waals surface area contributed by atoms with Crippen molar-refractivity contribution in [1.29, 1.82) is 0 Å². The fraction of sp³-hybridized carbons (Fsp3) is 0.700. The van der Waals surface area contributed by atoms with Crippen molar-refractivity contribution in [2.45, 2.75) is 31.8 Å². The Kier molecular flexibility index (Phi) is 3.18. The summed E-state index contributed by atoms with van der Waals surface area (Å²) in [5.74, 6) is 0.682. The Morgan fingerprint density at radius 3 is 2.88 bits per heavy atom. The highest BCUT2D eigenvalue weighted by Crippen LogP contribution is 2.19. The number of piperidine rings is 1. The lowest BCUT2D eigenvalue weighted by Gasteiger charge is -2.25. The number of thioether (sulfide) groups is 1. The highest BCUT2D eigenvalue weighted by Gasteiger charge is 2.32. The lowest BCUT2D eigenvalue weighted by molar-refractivity contribution is -0.147. The molecule has 0 aromatic carbocycles. The number of amidine groups is 1. The topological polar surface area (TPSA) is 61.8 Å². The van der Waals surface area contributed by atoms with E-state index in [4.69, 9.17) is 0 Å². The number of hydrogen-bond acceptors (Lipinski definition) is 4. The van der Waals surface area contributed by atoms with Gasteiger partial charge in [-0.25, -0.2) is 4.99 Å². The molecule has 0 aliphatic carbocycles. The van der Waals surface area contributed by atoms with Gasteiger partial charge in [0.05, 0.1) is 0 Å². The van der Waals surface area contributed by atoms with E-state index in [1.165, 1.54) is 11.9 Å². The zero-order chi connectivity index (χ0) is 11.7. The number of hydrogen-bond donors (Lipinski definition) is 1. The first-order chi connectivity index (χ1) is 7.58. The van der Waals surface area contributed by atoms with Crippen molar-refractivity contribution in [2.75, 3.05) is 12.8 Å². The van der Waals surface area contributed by atoms with Crippen LogP contribution in [0.15, 0.2) is 4.99 Å². The van der Waals surface area contributed by atoms with Crippen LogP contribution in [0.2, 0.25) is 0 Å². The van der Waals surface area contributed by atoms with Crippen LogP contribution in [0.1, 0.15) is 19.8 Å². The minimum Gasteiger partial charge on any atom is -0.362 e. The van der Waals surface area contributed by atoms with Gasteiger partial charge in [-0.2, -0.15) is 0 Å². The Balaban J connectivity index is 2.05. The van der Waals surface area contributed by atoms with Crippen molar-refractivity contribution in [3.05, 3.63) is 0 Å². The fourth-order valence-corrected chi connectivity index (χ4v) is 2.71. The molecule has 0 radical (unpaired) electrons. The van der Waals surface area contributed by atoms with Gasteiger partial charge in [0.1, 0.15) is 6.04 Å². The monoisotopic (exact) mass is 241 g/mol. The summed E-state index contributed by atoms with van der Waals surface area (Å²) in [6, 6.07) is 0.0183. The number of carbonyl (C=O) groups excluding carboxylic acids is 2. The van der Waals surface area contributed by atoms with E-state index in [-0.39, 0.29) is 17.9 Å². The molecule has 2 fully saturated rings. The Morgan fingerprint density at radius 1 is 1.50 bits per heavy atom. The van der Waals surface area contributed by atoms with Crippen LogP contribution in [0.25, 0.3) is 0 Å². The van der Waals surface area contributed by atoms with Crippen LogP contribution in [0, 0.1) is 0 Å². The van der Waals surface area contributed by atoms with Crippen molar-refractivity contribution in [1.82, 2.24) is 10.2 Å². The van der Waals surface area contributed by atoms with Gasteiger partial charge in [0.2, 0.25) is 5.91 Å². The van der Waals surface area contributed by atoms with Crippen molar-refractivity contribution >= 4 is 28.7 Å². The largest absolute Gasteiger partial charge is 0.362 e. The zero-order valence-corrected chi connectivity index (χ0v) is 10.2. The number of imide groups is 1. The van der Waals surface area contributed by atoms with Crippen LogP contribution in [0.3, 0.4) is 0 Å². The van der Waals surface area contributed by atoms with E-state index >= 15 is 0 Å². The third-order valence-corrected chi connectivity index (χ3v) is 3.90.